The number of rotatable bonds is 4. The fourth-order valence-corrected chi connectivity index (χ4v) is 1.67. The van der Waals surface area contributed by atoms with Crippen LogP contribution in [0.2, 0.25) is 5.02 Å². The van der Waals surface area contributed by atoms with Gasteiger partial charge in [-0.25, -0.2) is 0 Å². The maximum Gasteiger partial charge on any atom is 0.416 e. The SMILES string of the molecule is FC(F)(F)c1ccc(CO/N=C/c2ccc(Cl)cc2)cc1. The minimum atomic E-state index is -4.33. The van der Waals surface area contributed by atoms with Crippen LogP contribution in [-0.2, 0) is 17.6 Å². The Kier molecular flexibility index (Phi) is 4.85. The van der Waals surface area contributed by atoms with Crippen molar-refractivity contribution in [2.24, 2.45) is 5.16 Å². The van der Waals surface area contributed by atoms with Crippen LogP contribution in [0.1, 0.15) is 16.7 Å². The third kappa shape index (κ3) is 4.79. The highest BCUT2D eigenvalue weighted by molar-refractivity contribution is 6.30. The zero-order valence-corrected chi connectivity index (χ0v) is 11.5. The van der Waals surface area contributed by atoms with Crippen molar-refractivity contribution in [2.45, 2.75) is 12.8 Å². The summed E-state index contributed by atoms with van der Waals surface area (Å²) in [5.41, 5.74) is 0.735. The quantitative estimate of drug-likeness (QED) is 0.580. The summed E-state index contributed by atoms with van der Waals surface area (Å²) in [6.45, 7) is 0.0994. The largest absolute Gasteiger partial charge is 0.416 e. The van der Waals surface area contributed by atoms with E-state index in [1.165, 1.54) is 18.3 Å². The molecule has 21 heavy (non-hydrogen) atoms. The van der Waals surface area contributed by atoms with Crippen LogP contribution in [0.3, 0.4) is 0 Å². The Bertz CT molecular complexity index is 606. The van der Waals surface area contributed by atoms with Crippen LogP contribution in [0.4, 0.5) is 13.2 Å². The number of hydrogen-bond donors (Lipinski definition) is 0. The van der Waals surface area contributed by atoms with Crippen molar-refractivity contribution in [3.63, 3.8) is 0 Å². The predicted octanol–water partition coefficient (Wildman–Crippen LogP) is 4.91. The van der Waals surface area contributed by atoms with E-state index in [1.807, 2.05) is 0 Å². The minimum Gasteiger partial charge on any atom is -0.391 e. The number of halogens is 4. The van der Waals surface area contributed by atoms with Crippen molar-refractivity contribution < 1.29 is 18.0 Å². The second kappa shape index (κ2) is 6.63. The summed E-state index contributed by atoms with van der Waals surface area (Å²) in [6, 6.07) is 11.7. The van der Waals surface area contributed by atoms with Crippen LogP contribution in [0, 0.1) is 0 Å². The lowest BCUT2D eigenvalue weighted by Gasteiger charge is -2.06. The second-order valence-corrected chi connectivity index (χ2v) is 4.69. The van der Waals surface area contributed by atoms with Gasteiger partial charge in [-0.05, 0) is 35.4 Å². The highest BCUT2D eigenvalue weighted by Crippen LogP contribution is 2.29. The Morgan fingerprint density at radius 3 is 2.19 bits per heavy atom. The van der Waals surface area contributed by atoms with Gasteiger partial charge in [0.1, 0.15) is 6.61 Å². The molecule has 0 aliphatic rings. The first-order chi connectivity index (χ1) is 9.95. The zero-order chi connectivity index (χ0) is 15.3. The summed E-state index contributed by atoms with van der Waals surface area (Å²) < 4.78 is 37.1. The molecule has 0 unspecified atom stereocenters. The summed E-state index contributed by atoms with van der Waals surface area (Å²) >= 11 is 5.74. The number of alkyl halides is 3. The molecule has 0 aliphatic heterocycles. The van der Waals surface area contributed by atoms with Crippen molar-refractivity contribution in [1.29, 1.82) is 0 Å². The van der Waals surface area contributed by atoms with Gasteiger partial charge in [-0.1, -0.05) is 41.0 Å². The van der Waals surface area contributed by atoms with Crippen molar-refractivity contribution in [3.8, 4) is 0 Å². The van der Waals surface area contributed by atoms with Crippen LogP contribution in [0.5, 0.6) is 0 Å². The Morgan fingerprint density at radius 2 is 1.62 bits per heavy atom. The molecule has 110 valence electrons. The Labute approximate surface area is 124 Å². The number of benzene rings is 2. The molecule has 2 nitrogen and oxygen atoms in total. The van der Waals surface area contributed by atoms with Crippen molar-refractivity contribution in [3.05, 3.63) is 70.2 Å². The molecule has 0 aromatic heterocycles. The highest BCUT2D eigenvalue weighted by atomic mass is 35.5. The molecule has 2 aromatic rings. The molecular weight excluding hydrogens is 303 g/mol. The van der Waals surface area contributed by atoms with Crippen molar-refractivity contribution in [2.75, 3.05) is 0 Å². The van der Waals surface area contributed by atoms with Gasteiger partial charge in [0.2, 0.25) is 0 Å². The standard InChI is InChI=1S/C15H11ClF3NO/c16-14-7-3-11(4-8-14)9-20-21-10-12-1-5-13(6-2-12)15(17,18)19/h1-9H,10H2/b20-9+. The average Bonchev–Trinajstić information content (AvgIpc) is 2.45. The molecule has 0 atom stereocenters. The molecule has 0 saturated carbocycles. The van der Waals surface area contributed by atoms with Crippen LogP contribution in [0.15, 0.2) is 53.7 Å². The first kappa shape index (κ1) is 15.4. The molecule has 0 aliphatic carbocycles. The lowest BCUT2D eigenvalue weighted by Crippen LogP contribution is -2.04. The Morgan fingerprint density at radius 1 is 1.00 bits per heavy atom. The van der Waals surface area contributed by atoms with Crippen molar-refractivity contribution >= 4 is 17.8 Å². The summed E-state index contributed by atoms with van der Waals surface area (Å²) in [7, 11) is 0. The Balaban J connectivity index is 1.87. The average molecular weight is 314 g/mol. The predicted molar refractivity (Wildman–Crippen MR) is 75.3 cm³/mol. The molecule has 2 rings (SSSR count). The van der Waals surface area contributed by atoms with Gasteiger partial charge in [0.05, 0.1) is 11.8 Å². The van der Waals surface area contributed by atoms with E-state index in [9.17, 15) is 13.2 Å². The first-order valence-electron chi connectivity index (χ1n) is 6.02. The lowest BCUT2D eigenvalue weighted by atomic mass is 10.1. The molecular formula is C15H11ClF3NO. The molecule has 0 saturated heterocycles. The zero-order valence-electron chi connectivity index (χ0n) is 10.8. The van der Waals surface area contributed by atoms with Gasteiger partial charge < -0.3 is 4.84 Å². The third-order valence-corrected chi connectivity index (χ3v) is 2.91. The molecule has 0 N–H and O–H groups in total. The van der Waals surface area contributed by atoms with E-state index in [0.29, 0.717) is 10.6 Å². The van der Waals surface area contributed by atoms with E-state index in [4.69, 9.17) is 16.4 Å². The van der Waals surface area contributed by atoms with Gasteiger partial charge in [0.15, 0.2) is 0 Å². The van der Waals surface area contributed by atoms with E-state index in [-0.39, 0.29) is 6.61 Å². The van der Waals surface area contributed by atoms with Crippen LogP contribution < -0.4 is 0 Å². The first-order valence-corrected chi connectivity index (χ1v) is 6.40. The van der Waals surface area contributed by atoms with Gasteiger partial charge in [-0.2, -0.15) is 13.2 Å². The Hall–Kier alpha value is -2.01. The van der Waals surface area contributed by atoms with E-state index in [0.717, 1.165) is 17.7 Å². The van der Waals surface area contributed by atoms with Gasteiger partial charge in [0.25, 0.3) is 0 Å². The second-order valence-electron chi connectivity index (χ2n) is 4.25. The lowest BCUT2D eigenvalue weighted by molar-refractivity contribution is -0.137. The molecule has 0 heterocycles. The smallest absolute Gasteiger partial charge is 0.391 e. The molecule has 0 bridgehead atoms. The summed E-state index contributed by atoms with van der Waals surface area (Å²) in [5, 5.41) is 4.37. The number of hydrogen-bond acceptors (Lipinski definition) is 2. The molecule has 6 heteroatoms. The minimum absolute atomic E-state index is 0.0994. The normalized spacial score (nSPS) is 11.8. The maximum atomic E-state index is 12.4. The number of oxime groups is 1. The van der Waals surface area contributed by atoms with Gasteiger partial charge >= 0.3 is 6.18 Å². The molecule has 0 spiro atoms. The maximum absolute atomic E-state index is 12.4. The van der Waals surface area contributed by atoms with Crippen LogP contribution >= 0.6 is 11.6 Å². The summed E-state index contributed by atoms with van der Waals surface area (Å²) in [5.74, 6) is 0. The fraction of sp³-hybridized carbons (Fsp3) is 0.133. The molecule has 0 radical (unpaired) electrons. The molecule has 0 fully saturated rings. The monoisotopic (exact) mass is 313 g/mol. The van der Waals surface area contributed by atoms with E-state index in [1.54, 1.807) is 24.3 Å². The molecule has 0 amide bonds. The topological polar surface area (TPSA) is 21.6 Å². The van der Waals surface area contributed by atoms with Gasteiger partial charge in [-0.15, -0.1) is 0 Å². The van der Waals surface area contributed by atoms with Gasteiger partial charge in [-0.3, -0.25) is 0 Å². The van der Waals surface area contributed by atoms with Crippen LogP contribution in [0.25, 0.3) is 0 Å². The van der Waals surface area contributed by atoms with E-state index < -0.39 is 11.7 Å². The summed E-state index contributed by atoms with van der Waals surface area (Å²) in [6.07, 6.45) is -2.83. The highest BCUT2D eigenvalue weighted by Gasteiger charge is 2.29. The van der Waals surface area contributed by atoms with Crippen LogP contribution in [-0.4, -0.2) is 6.21 Å². The van der Waals surface area contributed by atoms with Crippen molar-refractivity contribution in [1.82, 2.24) is 0 Å². The summed E-state index contributed by atoms with van der Waals surface area (Å²) in [4.78, 5) is 5.03. The number of nitrogens with zero attached hydrogens (tertiary/aromatic N) is 1. The fourth-order valence-electron chi connectivity index (χ4n) is 1.55. The van der Waals surface area contributed by atoms with E-state index in [2.05, 4.69) is 5.16 Å². The molecule has 2 aromatic carbocycles. The third-order valence-electron chi connectivity index (χ3n) is 2.66. The van der Waals surface area contributed by atoms with Gasteiger partial charge in [0, 0.05) is 5.02 Å². The van der Waals surface area contributed by atoms with E-state index >= 15 is 0 Å².